The monoisotopic (exact) mass is 407 g/mol. The molecule has 8 heteroatoms. The fraction of sp³-hybridized carbons (Fsp3) is 0.429. The zero-order chi connectivity index (χ0) is 21.4. The standard InChI is InChI=1S/C21H24F3N3O2/c1-12-17-15(27-26-14-8-5-7-13(11-14)21(22,23)24)9-6-10-16(17)29-18(12)19(28)25-20(2,3)4/h5,7-8,11,26H,6,9-10H2,1-4H3,(H,25,28)/b27-15+. The van der Waals surface area contributed by atoms with Gasteiger partial charge < -0.3 is 9.73 Å². The fourth-order valence-electron chi connectivity index (χ4n) is 3.29. The van der Waals surface area contributed by atoms with E-state index in [0.717, 1.165) is 24.1 Å². The zero-order valence-electron chi connectivity index (χ0n) is 16.8. The summed E-state index contributed by atoms with van der Waals surface area (Å²) in [5, 5.41) is 7.22. The second-order valence-electron chi connectivity index (χ2n) is 8.16. The quantitative estimate of drug-likeness (QED) is 0.680. The molecular formula is C21H24F3N3O2. The van der Waals surface area contributed by atoms with Crippen molar-refractivity contribution in [2.75, 3.05) is 5.43 Å². The number of amides is 1. The third-order valence-electron chi connectivity index (χ3n) is 4.53. The summed E-state index contributed by atoms with van der Waals surface area (Å²) < 4.78 is 44.5. The molecule has 1 aliphatic carbocycles. The minimum atomic E-state index is -4.42. The molecule has 1 aromatic heterocycles. The van der Waals surface area contributed by atoms with Gasteiger partial charge in [-0.15, -0.1) is 0 Å². The third-order valence-corrected chi connectivity index (χ3v) is 4.53. The van der Waals surface area contributed by atoms with E-state index in [4.69, 9.17) is 4.42 Å². The SMILES string of the molecule is Cc1c(C(=O)NC(C)(C)C)oc2c1/C(=N/Nc1cccc(C(F)(F)F)c1)CCC2. The Morgan fingerprint density at radius 2 is 1.90 bits per heavy atom. The topological polar surface area (TPSA) is 66.6 Å². The lowest BCUT2D eigenvalue weighted by Crippen LogP contribution is -2.40. The van der Waals surface area contributed by atoms with Crippen LogP contribution in [0.25, 0.3) is 0 Å². The molecule has 0 unspecified atom stereocenters. The number of halogens is 3. The number of hydrazone groups is 1. The Hall–Kier alpha value is -2.77. The summed E-state index contributed by atoms with van der Waals surface area (Å²) in [4.78, 5) is 12.5. The molecule has 156 valence electrons. The normalized spacial score (nSPS) is 15.9. The maximum absolute atomic E-state index is 12.9. The second kappa shape index (κ2) is 7.57. The van der Waals surface area contributed by atoms with Gasteiger partial charge in [-0.3, -0.25) is 10.2 Å². The molecule has 0 radical (unpaired) electrons. The molecule has 2 aromatic rings. The molecule has 1 aromatic carbocycles. The van der Waals surface area contributed by atoms with Crippen molar-refractivity contribution in [2.45, 2.75) is 58.7 Å². The molecule has 2 N–H and O–H groups in total. The van der Waals surface area contributed by atoms with Crippen LogP contribution in [-0.4, -0.2) is 17.2 Å². The number of anilines is 1. The highest BCUT2D eigenvalue weighted by molar-refractivity contribution is 6.06. The molecule has 0 atom stereocenters. The first-order valence-corrected chi connectivity index (χ1v) is 9.41. The second-order valence-corrected chi connectivity index (χ2v) is 8.16. The maximum atomic E-state index is 12.9. The molecule has 0 saturated heterocycles. The van der Waals surface area contributed by atoms with Crippen LogP contribution in [0.1, 0.15) is 66.6 Å². The van der Waals surface area contributed by atoms with Gasteiger partial charge in [0.2, 0.25) is 0 Å². The number of furan rings is 1. The van der Waals surface area contributed by atoms with E-state index in [-0.39, 0.29) is 17.4 Å². The lowest BCUT2D eigenvalue weighted by molar-refractivity contribution is -0.137. The molecule has 1 heterocycles. The number of nitrogens with zero attached hydrogens (tertiary/aromatic N) is 1. The summed E-state index contributed by atoms with van der Waals surface area (Å²) in [6.07, 6.45) is -2.32. The van der Waals surface area contributed by atoms with E-state index in [2.05, 4.69) is 15.8 Å². The van der Waals surface area contributed by atoms with Gasteiger partial charge in [-0.2, -0.15) is 18.3 Å². The van der Waals surface area contributed by atoms with Crippen LogP contribution in [0.5, 0.6) is 0 Å². The predicted molar refractivity (Wildman–Crippen MR) is 105 cm³/mol. The number of rotatable bonds is 3. The Balaban J connectivity index is 1.88. The van der Waals surface area contributed by atoms with Crippen molar-refractivity contribution < 1.29 is 22.4 Å². The van der Waals surface area contributed by atoms with Crippen molar-refractivity contribution in [2.24, 2.45) is 5.10 Å². The van der Waals surface area contributed by atoms with E-state index in [1.54, 1.807) is 6.92 Å². The van der Waals surface area contributed by atoms with Crippen LogP contribution in [0.15, 0.2) is 33.8 Å². The summed E-state index contributed by atoms with van der Waals surface area (Å²) in [6.45, 7) is 7.45. The number of alkyl halides is 3. The van der Waals surface area contributed by atoms with Gasteiger partial charge in [0.05, 0.1) is 17.0 Å². The van der Waals surface area contributed by atoms with Gasteiger partial charge in [0.1, 0.15) is 5.76 Å². The Morgan fingerprint density at radius 1 is 1.17 bits per heavy atom. The molecule has 3 rings (SSSR count). The highest BCUT2D eigenvalue weighted by atomic mass is 19.4. The van der Waals surface area contributed by atoms with Crippen molar-refractivity contribution in [1.82, 2.24) is 5.32 Å². The molecule has 0 bridgehead atoms. The van der Waals surface area contributed by atoms with E-state index in [0.29, 0.717) is 29.9 Å². The third kappa shape index (κ3) is 4.81. The molecule has 0 saturated carbocycles. The minimum Gasteiger partial charge on any atom is -0.455 e. The van der Waals surface area contributed by atoms with Crippen molar-refractivity contribution in [1.29, 1.82) is 0 Å². The van der Waals surface area contributed by atoms with Crippen LogP contribution in [0, 0.1) is 6.92 Å². The van der Waals surface area contributed by atoms with Crippen molar-refractivity contribution in [3.8, 4) is 0 Å². The predicted octanol–water partition coefficient (Wildman–Crippen LogP) is 5.29. The summed E-state index contributed by atoms with van der Waals surface area (Å²) in [7, 11) is 0. The van der Waals surface area contributed by atoms with E-state index in [1.165, 1.54) is 12.1 Å². The Labute approximate surface area is 167 Å². The highest BCUT2D eigenvalue weighted by Gasteiger charge is 2.31. The molecule has 0 spiro atoms. The molecule has 1 aliphatic rings. The molecule has 29 heavy (non-hydrogen) atoms. The van der Waals surface area contributed by atoms with Crippen molar-refractivity contribution in [3.63, 3.8) is 0 Å². The van der Waals surface area contributed by atoms with Crippen LogP contribution in [0.2, 0.25) is 0 Å². The summed E-state index contributed by atoms with van der Waals surface area (Å²) in [5.41, 5.74) is 3.92. The first-order valence-electron chi connectivity index (χ1n) is 9.41. The molecule has 5 nitrogen and oxygen atoms in total. The average Bonchev–Trinajstić information content (AvgIpc) is 2.96. The molecule has 1 amide bonds. The number of hydrogen-bond donors (Lipinski definition) is 2. The number of aryl methyl sites for hydroxylation is 1. The first-order chi connectivity index (χ1) is 13.5. The Morgan fingerprint density at radius 3 is 2.55 bits per heavy atom. The highest BCUT2D eigenvalue weighted by Crippen LogP contribution is 2.32. The van der Waals surface area contributed by atoms with E-state index in [1.807, 2.05) is 20.8 Å². The maximum Gasteiger partial charge on any atom is 0.416 e. The molecular weight excluding hydrogens is 383 g/mol. The number of hydrogen-bond acceptors (Lipinski definition) is 4. The number of nitrogens with one attached hydrogen (secondary N) is 2. The van der Waals surface area contributed by atoms with Crippen molar-refractivity contribution >= 4 is 17.3 Å². The fourth-order valence-corrected chi connectivity index (χ4v) is 3.29. The Bertz CT molecular complexity index is 953. The summed E-state index contributed by atoms with van der Waals surface area (Å²) in [6, 6.07) is 4.87. The number of carbonyl (C=O) groups is 1. The van der Waals surface area contributed by atoms with Gasteiger partial charge in [0.25, 0.3) is 5.91 Å². The lowest BCUT2D eigenvalue weighted by atomic mass is 9.93. The smallest absolute Gasteiger partial charge is 0.416 e. The first kappa shape index (κ1) is 21.0. The molecule has 0 fully saturated rings. The van der Waals surface area contributed by atoms with Crippen LogP contribution in [0.3, 0.4) is 0 Å². The van der Waals surface area contributed by atoms with Gasteiger partial charge in [-0.25, -0.2) is 0 Å². The molecule has 0 aliphatic heterocycles. The van der Waals surface area contributed by atoms with Gasteiger partial charge in [-0.1, -0.05) is 6.07 Å². The van der Waals surface area contributed by atoms with Gasteiger partial charge in [0, 0.05) is 23.1 Å². The van der Waals surface area contributed by atoms with E-state index >= 15 is 0 Å². The van der Waals surface area contributed by atoms with Gasteiger partial charge >= 0.3 is 6.18 Å². The van der Waals surface area contributed by atoms with E-state index in [9.17, 15) is 18.0 Å². The summed E-state index contributed by atoms with van der Waals surface area (Å²) in [5.74, 6) is 0.630. The summed E-state index contributed by atoms with van der Waals surface area (Å²) >= 11 is 0. The van der Waals surface area contributed by atoms with E-state index < -0.39 is 17.3 Å². The van der Waals surface area contributed by atoms with Crippen molar-refractivity contribution in [3.05, 3.63) is 52.5 Å². The van der Waals surface area contributed by atoms with Gasteiger partial charge in [0.15, 0.2) is 5.76 Å². The van der Waals surface area contributed by atoms with Crippen LogP contribution in [0.4, 0.5) is 18.9 Å². The van der Waals surface area contributed by atoms with Crippen LogP contribution in [-0.2, 0) is 12.6 Å². The lowest BCUT2D eigenvalue weighted by Gasteiger charge is -2.19. The van der Waals surface area contributed by atoms with Crippen LogP contribution < -0.4 is 10.7 Å². The Kier molecular flexibility index (Phi) is 5.47. The van der Waals surface area contributed by atoms with Crippen LogP contribution >= 0.6 is 0 Å². The average molecular weight is 407 g/mol. The minimum absolute atomic E-state index is 0.242. The largest absolute Gasteiger partial charge is 0.455 e. The van der Waals surface area contributed by atoms with Gasteiger partial charge in [-0.05, 0) is 58.7 Å². The number of fused-ring (bicyclic) bond motifs is 1. The number of carbonyl (C=O) groups excluding carboxylic acids is 1. The zero-order valence-corrected chi connectivity index (χ0v) is 16.8. The number of benzene rings is 1.